The number of benzene rings is 3. The van der Waals surface area contributed by atoms with Gasteiger partial charge in [-0.25, -0.2) is 19.6 Å². The van der Waals surface area contributed by atoms with Gasteiger partial charge < -0.3 is 25.2 Å². The van der Waals surface area contributed by atoms with Gasteiger partial charge >= 0.3 is 12.1 Å². The first-order valence-corrected chi connectivity index (χ1v) is 14.8. The third-order valence-corrected chi connectivity index (χ3v) is 7.93. The first-order valence-electron chi connectivity index (χ1n) is 14.8. The van der Waals surface area contributed by atoms with Crippen LogP contribution in [0.2, 0.25) is 0 Å². The summed E-state index contributed by atoms with van der Waals surface area (Å²) < 4.78 is 4.97. The molecule has 5 amide bonds. The molecule has 11 nitrogen and oxygen atoms in total. The van der Waals surface area contributed by atoms with Gasteiger partial charge in [0.2, 0.25) is 11.8 Å². The number of hydrogen-bond donors (Lipinski definition) is 2. The number of urea groups is 1. The zero-order valence-corrected chi connectivity index (χ0v) is 24.9. The maximum absolute atomic E-state index is 14.1. The minimum absolute atomic E-state index is 0.0471. The maximum atomic E-state index is 14.1. The Labute approximate surface area is 257 Å². The maximum Gasteiger partial charge on any atom is 0.407 e. The summed E-state index contributed by atoms with van der Waals surface area (Å²) >= 11 is 0. The molecule has 0 saturated carbocycles. The molecule has 5 rings (SSSR count). The smallest absolute Gasteiger partial charge is 0.407 e. The fourth-order valence-electron chi connectivity index (χ4n) is 5.89. The van der Waals surface area contributed by atoms with E-state index < -0.39 is 18.3 Å². The number of amides is 5. The largest absolute Gasteiger partial charge is 0.445 e. The Morgan fingerprint density at radius 1 is 1.00 bits per heavy atom. The van der Waals surface area contributed by atoms with E-state index in [9.17, 15) is 19.2 Å². The summed E-state index contributed by atoms with van der Waals surface area (Å²) in [7, 11) is 1.70. The van der Waals surface area contributed by atoms with Crippen LogP contribution < -0.4 is 10.6 Å². The number of ether oxygens (including phenoxy) is 1. The topological polar surface area (TPSA) is 115 Å². The molecule has 11 heteroatoms. The van der Waals surface area contributed by atoms with Crippen LogP contribution in [0.1, 0.15) is 24.0 Å². The van der Waals surface area contributed by atoms with E-state index in [0.29, 0.717) is 25.9 Å². The van der Waals surface area contributed by atoms with Gasteiger partial charge in [-0.05, 0) is 34.7 Å². The van der Waals surface area contributed by atoms with Crippen molar-refractivity contribution in [1.82, 2.24) is 30.5 Å². The van der Waals surface area contributed by atoms with E-state index in [1.54, 1.807) is 26.9 Å². The molecular weight excluding hydrogens is 560 g/mol. The second-order valence-corrected chi connectivity index (χ2v) is 10.9. The first-order chi connectivity index (χ1) is 21.4. The molecule has 230 valence electrons. The summed E-state index contributed by atoms with van der Waals surface area (Å²) in [6.07, 6.45) is 0.922. The number of carbonyl (C=O) groups excluding carboxylic acids is 4. The van der Waals surface area contributed by atoms with Crippen LogP contribution in [0.25, 0.3) is 10.8 Å². The van der Waals surface area contributed by atoms with Crippen molar-refractivity contribution in [3.8, 4) is 0 Å². The molecule has 2 N–H and O–H groups in total. The van der Waals surface area contributed by atoms with Crippen molar-refractivity contribution in [2.24, 2.45) is 0 Å². The lowest BCUT2D eigenvalue weighted by Crippen LogP contribution is -2.75. The molecule has 2 atom stereocenters. The molecule has 44 heavy (non-hydrogen) atoms. The van der Waals surface area contributed by atoms with E-state index in [2.05, 4.69) is 17.2 Å². The highest BCUT2D eigenvalue weighted by Crippen LogP contribution is 2.30. The molecule has 0 aromatic heterocycles. The highest BCUT2D eigenvalue weighted by molar-refractivity contribution is 5.92. The molecule has 0 radical (unpaired) electrons. The number of piperazine rings is 1. The Kier molecular flexibility index (Phi) is 9.75. The molecule has 0 aliphatic carbocycles. The van der Waals surface area contributed by atoms with Gasteiger partial charge in [-0.3, -0.25) is 9.59 Å². The number of alkyl carbamates (subject to hydrolysis) is 1. The first kappa shape index (κ1) is 30.6. The molecule has 0 spiro atoms. The lowest BCUT2D eigenvalue weighted by Gasteiger charge is -2.54. The predicted octanol–water partition coefficient (Wildman–Crippen LogP) is 3.47. The number of fused-ring (bicyclic) bond motifs is 2. The van der Waals surface area contributed by atoms with E-state index in [1.807, 2.05) is 72.8 Å². The van der Waals surface area contributed by atoms with Gasteiger partial charge in [-0.1, -0.05) is 85.5 Å². The van der Waals surface area contributed by atoms with Gasteiger partial charge in [-0.15, -0.1) is 0 Å². The van der Waals surface area contributed by atoms with Gasteiger partial charge in [0, 0.05) is 26.7 Å². The molecule has 2 aliphatic rings. The molecule has 3 aromatic carbocycles. The van der Waals surface area contributed by atoms with E-state index in [1.165, 1.54) is 6.08 Å². The normalized spacial score (nSPS) is 18.6. The highest BCUT2D eigenvalue weighted by atomic mass is 16.5. The van der Waals surface area contributed by atoms with Gasteiger partial charge in [0.05, 0.1) is 13.1 Å². The van der Waals surface area contributed by atoms with Crippen LogP contribution >= 0.6 is 0 Å². The number of likely N-dealkylation sites (N-methyl/N-ethyl adjacent to an activating group) is 1. The Hall–Kier alpha value is -4.90. The lowest BCUT2D eigenvalue weighted by molar-refractivity contribution is -0.188. The summed E-state index contributed by atoms with van der Waals surface area (Å²) in [6, 6.07) is 22.4. The SMILES string of the molecule is C=CCOC(=O)NCCCC1C(=O)N(Cc2cccc3ccccc23)CC2N1C(=O)CN(C)N2C(=O)NCc1ccccc1. The van der Waals surface area contributed by atoms with Crippen LogP contribution in [0, 0.1) is 0 Å². The molecule has 2 saturated heterocycles. The third-order valence-electron chi connectivity index (χ3n) is 7.93. The highest BCUT2D eigenvalue weighted by Gasteiger charge is 2.50. The van der Waals surface area contributed by atoms with Gasteiger partial charge in [0.1, 0.15) is 18.8 Å². The van der Waals surface area contributed by atoms with Crippen molar-refractivity contribution in [1.29, 1.82) is 0 Å². The van der Waals surface area contributed by atoms with Gasteiger partial charge in [0.15, 0.2) is 0 Å². The third kappa shape index (κ3) is 6.84. The van der Waals surface area contributed by atoms with E-state index in [-0.39, 0.29) is 44.1 Å². The number of nitrogens with zero attached hydrogens (tertiary/aromatic N) is 4. The molecule has 2 fully saturated rings. The standard InChI is InChI=1S/C33H38N6O5/c1-3-19-44-33(43)34-18-10-17-28-31(41)37(21-26-15-9-14-25-13-7-8-16-27(25)26)22-29-38(28)30(40)23-36(2)39(29)32(42)35-20-24-11-5-4-6-12-24/h3-9,11-16,28-29H,1,10,17-23H2,2H3,(H,34,43)(H,35,42). The fourth-order valence-corrected chi connectivity index (χ4v) is 5.89. The lowest BCUT2D eigenvalue weighted by atomic mass is 9.99. The molecule has 2 unspecified atom stereocenters. The van der Waals surface area contributed by atoms with E-state index in [0.717, 1.165) is 21.9 Å². The minimum Gasteiger partial charge on any atom is -0.445 e. The van der Waals surface area contributed by atoms with Gasteiger partial charge in [0.25, 0.3) is 0 Å². The van der Waals surface area contributed by atoms with Crippen molar-refractivity contribution < 1.29 is 23.9 Å². The average Bonchev–Trinajstić information content (AvgIpc) is 3.03. The van der Waals surface area contributed by atoms with E-state index >= 15 is 0 Å². The van der Waals surface area contributed by atoms with Crippen LogP contribution in [-0.2, 0) is 27.4 Å². The summed E-state index contributed by atoms with van der Waals surface area (Å²) in [5.41, 5.74) is 1.92. The second-order valence-electron chi connectivity index (χ2n) is 10.9. The molecule has 2 aliphatic heterocycles. The summed E-state index contributed by atoms with van der Waals surface area (Å²) in [5.74, 6) is -0.419. The van der Waals surface area contributed by atoms with Crippen LogP contribution in [0.4, 0.5) is 9.59 Å². The molecule has 3 aromatic rings. The van der Waals surface area contributed by atoms with E-state index in [4.69, 9.17) is 4.74 Å². The molecular formula is C33H38N6O5. The number of hydrogen-bond acceptors (Lipinski definition) is 6. The molecule has 0 bridgehead atoms. The van der Waals surface area contributed by atoms with Crippen LogP contribution in [0.3, 0.4) is 0 Å². The van der Waals surface area contributed by atoms with Crippen molar-refractivity contribution in [2.75, 3.05) is 33.3 Å². The van der Waals surface area contributed by atoms with Crippen molar-refractivity contribution in [2.45, 2.75) is 38.1 Å². The second kappa shape index (κ2) is 14.0. The quantitative estimate of drug-likeness (QED) is 0.273. The van der Waals surface area contributed by atoms with Crippen molar-refractivity contribution >= 4 is 34.7 Å². The minimum atomic E-state index is -0.805. The number of hydrazine groups is 1. The van der Waals surface area contributed by atoms with Gasteiger partial charge in [-0.2, -0.15) is 0 Å². The summed E-state index contributed by atoms with van der Waals surface area (Å²) in [5, 5.41) is 10.9. The number of nitrogens with one attached hydrogen (secondary N) is 2. The van der Waals surface area contributed by atoms with Crippen molar-refractivity contribution in [3.05, 3.63) is 96.6 Å². The van der Waals surface area contributed by atoms with Crippen LogP contribution in [0.5, 0.6) is 0 Å². The zero-order valence-electron chi connectivity index (χ0n) is 24.9. The van der Waals surface area contributed by atoms with Crippen molar-refractivity contribution in [3.63, 3.8) is 0 Å². The predicted molar refractivity (Wildman–Crippen MR) is 166 cm³/mol. The summed E-state index contributed by atoms with van der Waals surface area (Å²) in [4.78, 5) is 56.4. The Morgan fingerprint density at radius 3 is 2.55 bits per heavy atom. The monoisotopic (exact) mass is 598 g/mol. The Morgan fingerprint density at radius 2 is 1.75 bits per heavy atom. The molecule has 2 heterocycles. The Balaban J connectivity index is 1.39. The number of rotatable bonds is 10. The number of carbonyl (C=O) groups is 4. The average molecular weight is 599 g/mol. The van der Waals surface area contributed by atoms with Crippen LogP contribution in [0.15, 0.2) is 85.5 Å². The zero-order chi connectivity index (χ0) is 31.1. The fraction of sp³-hybridized carbons (Fsp3) is 0.333. The van der Waals surface area contributed by atoms with Crippen LogP contribution in [-0.4, -0.2) is 89.3 Å². The Bertz CT molecular complexity index is 1510. The summed E-state index contributed by atoms with van der Waals surface area (Å²) in [6.45, 7) is 4.63.